The number of nitrogens with zero attached hydrogens (tertiary/aromatic N) is 2. The van der Waals surface area contributed by atoms with Gasteiger partial charge in [0.2, 0.25) is 21.8 Å². The van der Waals surface area contributed by atoms with Gasteiger partial charge in [0, 0.05) is 12.6 Å². The minimum atomic E-state index is -3.82. The van der Waals surface area contributed by atoms with Gasteiger partial charge < -0.3 is 15.0 Å². The van der Waals surface area contributed by atoms with E-state index in [0.29, 0.717) is 37.4 Å². The summed E-state index contributed by atoms with van der Waals surface area (Å²) >= 11 is 0. The molecule has 0 heterocycles. The van der Waals surface area contributed by atoms with Gasteiger partial charge >= 0.3 is 0 Å². The standard InChI is InChI=1S/C28H39N3O5S/c1-4-24(28(33)29-23-15-9-10-16-23)30(20-19-22-13-7-6-8-14-22)27(32)21-31(37(3,34)35)25-17-11-12-18-26(25)36-5-2/h6-8,11-14,17-18,23-24H,4-5,9-10,15-16,19-21H2,1-3H3,(H,29,33)/t24-/m0/s1. The highest BCUT2D eigenvalue weighted by Gasteiger charge is 2.33. The Kier molecular flexibility index (Phi) is 10.4. The lowest BCUT2D eigenvalue weighted by molar-refractivity contribution is -0.139. The number of hydrogen-bond donors (Lipinski definition) is 1. The molecule has 202 valence electrons. The summed E-state index contributed by atoms with van der Waals surface area (Å²) in [4.78, 5) is 28.7. The van der Waals surface area contributed by atoms with E-state index in [1.54, 1.807) is 29.2 Å². The fraction of sp³-hybridized carbons (Fsp3) is 0.500. The number of carbonyl (C=O) groups excluding carboxylic acids is 2. The second-order valence-corrected chi connectivity index (χ2v) is 11.3. The van der Waals surface area contributed by atoms with Crippen LogP contribution in [0.1, 0.15) is 51.5 Å². The van der Waals surface area contributed by atoms with Crippen molar-refractivity contribution in [2.45, 2.75) is 64.5 Å². The molecule has 2 aromatic carbocycles. The minimum Gasteiger partial charge on any atom is -0.492 e. The lowest BCUT2D eigenvalue weighted by Gasteiger charge is -2.33. The van der Waals surface area contributed by atoms with Gasteiger partial charge in [-0.2, -0.15) is 0 Å². The quantitative estimate of drug-likeness (QED) is 0.426. The SMILES string of the molecule is CCOc1ccccc1N(CC(=O)N(CCc1ccccc1)[C@@H](CC)C(=O)NC1CCCC1)S(C)(=O)=O. The average molecular weight is 530 g/mol. The molecule has 0 unspecified atom stereocenters. The van der Waals surface area contributed by atoms with Crippen molar-refractivity contribution in [2.24, 2.45) is 0 Å². The monoisotopic (exact) mass is 529 g/mol. The third kappa shape index (κ3) is 7.95. The molecule has 2 aromatic rings. The summed E-state index contributed by atoms with van der Waals surface area (Å²) < 4.78 is 32.4. The van der Waals surface area contributed by atoms with Crippen molar-refractivity contribution in [3.8, 4) is 5.75 Å². The molecule has 0 saturated heterocycles. The highest BCUT2D eigenvalue weighted by molar-refractivity contribution is 7.92. The molecule has 1 N–H and O–H groups in total. The maximum atomic E-state index is 13.8. The summed E-state index contributed by atoms with van der Waals surface area (Å²) in [6.45, 7) is 3.91. The molecular weight excluding hydrogens is 490 g/mol. The van der Waals surface area contributed by atoms with E-state index in [-0.39, 0.29) is 11.9 Å². The molecule has 1 saturated carbocycles. The van der Waals surface area contributed by atoms with Gasteiger partial charge in [0.25, 0.3) is 0 Å². The Morgan fingerprint density at radius 3 is 2.30 bits per heavy atom. The highest BCUT2D eigenvalue weighted by atomic mass is 32.2. The molecule has 0 aromatic heterocycles. The van der Waals surface area contributed by atoms with Crippen LogP contribution in [0.5, 0.6) is 5.75 Å². The summed E-state index contributed by atoms with van der Waals surface area (Å²) in [6.07, 6.45) is 6.09. The van der Waals surface area contributed by atoms with E-state index in [2.05, 4.69) is 5.32 Å². The van der Waals surface area contributed by atoms with Gasteiger partial charge in [0.15, 0.2) is 0 Å². The second-order valence-electron chi connectivity index (χ2n) is 9.41. The Hall–Kier alpha value is -3.07. The molecule has 1 atom stereocenters. The Balaban J connectivity index is 1.89. The van der Waals surface area contributed by atoms with E-state index in [9.17, 15) is 18.0 Å². The van der Waals surface area contributed by atoms with Crippen LogP contribution in [0.4, 0.5) is 5.69 Å². The molecule has 1 aliphatic rings. The van der Waals surface area contributed by atoms with Crippen LogP contribution in [0.2, 0.25) is 0 Å². The van der Waals surface area contributed by atoms with Crippen LogP contribution in [-0.4, -0.2) is 63.2 Å². The molecule has 8 nitrogen and oxygen atoms in total. The van der Waals surface area contributed by atoms with Crippen LogP contribution >= 0.6 is 0 Å². The lowest BCUT2D eigenvalue weighted by Crippen LogP contribution is -2.54. The smallest absolute Gasteiger partial charge is 0.244 e. The Morgan fingerprint density at radius 1 is 1.03 bits per heavy atom. The van der Waals surface area contributed by atoms with Gasteiger partial charge in [-0.1, -0.05) is 62.2 Å². The fourth-order valence-electron chi connectivity index (χ4n) is 4.80. The third-order valence-electron chi connectivity index (χ3n) is 6.68. The average Bonchev–Trinajstić information content (AvgIpc) is 3.38. The van der Waals surface area contributed by atoms with E-state index >= 15 is 0 Å². The number of nitrogens with one attached hydrogen (secondary N) is 1. The zero-order chi connectivity index (χ0) is 26.8. The first-order chi connectivity index (χ1) is 17.7. The van der Waals surface area contributed by atoms with Gasteiger partial charge in [0.1, 0.15) is 18.3 Å². The van der Waals surface area contributed by atoms with Crippen LogP contribution in [-0.2, 0) is 26.0 Å². The minimum absolute atomic E-state index is 0.123. The number of para-hydroxylation sites is 2. The maximum Gasteiger partial charge on any atom is 0.244 e. The number of hydrogen-bond acceptors (Lipinski definition) is 5. The predicted molar refractivity (Wildman–Crippen MR) is 146 cm³/mol. The van der Waals surface area contributed by atoms with E-state index in [0.717, 1.165) is 41.8 Å². The number of rotatable bonds is 13. The number of anilines is 1. The molecule has 9 heteroatoms. The summed E-state index contributed by atoms with van der Waals surface area (Å²) in [6, 6.07) is 15.9. The van der Waals surface area contributed by atoms with Gasteiger partial charge in [-0.05, 0) is 50.3 Å². The van der Waals surface area contributed by atoms with Gasteiger partial charge in [-0.3, -0.25) is 13.9 Å². The Labute approximate surface area is 221 Å². The molecule has 0 radical (unpaired) electrons. The zero-order valence-corrected chi connectivity index (χ0v) is 22.9. The van der Waals surface area contributed by atoms with Crippen molar-refractivity contribution in [1.29, 1.82) is 0 Å². The fourth-order valence-corrected chi connectivity index (χ4v) is 5.65. The first-order valence-electron chi connectivity index (χ1n) is 13.1. The zero-order valence-electron chi connectivity index (χ0n) is 22.1. The van der Waals surface area contributed by atoms with Crippen molar-refractivity contribution in [1.82, 2.24) is 10.2 Å². The lowest BCUT2D eigenvalue weighted by atomic mass is 10.1. The molecule has 3 rings (SSSR count). The van der Waals surface area contributed by atoms with Gasteiger partial charge in [0.05, 0.1) is 18.6 Å². The topological polar surface area (TPSA) is 96.0 Å². The molecule has 0 bridgehead atoms. The van der Waals surface area contributed by atoms with Crippen molar-refractivity contribution >= 4 is 27.5 Å². The van der Waals surface area contributed by atoms with E-state index in [4.69, 9.17) is 4.74 Å². The van der Waals surface area contributed by atoms with Crippen molar-refractivity contribution < 1.29 is 22.7 Å². The molecule has 2 amide bonds. The van der Waals surface area contributed by atoms with Gasteiger partial charge in [-0.25, -0.2) is 8.42 Å². The summed E-state index contributed by atoms with van der Waals surface area (Å²) in [5, 5.41) is 3.12. The molecule has 1 aliphatic carbocycles. The normalized spacial score (nSPS) is 14.7. The van der Waals surface area contributed by atoms with Crippen LogP contribution in [0.25, 0.3) is 0 Å². The highest BCUT2D eigenvalue weighted by Crippen LogP contribution is 2.30. The first-order valence-corrected chi connectivity index (χ1v) is 14.9. The van der Waals surface area contributed by atoms with Crippen molar-refractivity contribution in [2.75, 3.05) is 30.3 Å². The largest absolute Gasteiger partial charge is 0.492 e. The van der Waals surface area contributed by atoms with Crippen LogP contribution in [0.15, 0.2) is 54.6 Å². The molecular formula is C28H39N3O5S. The number of sulfonamides is 1. The number of ether oxygens (including phenoxy) is 1. The van der Waals surface area contributed by atoms with E-state index < -0.39 is 28.5 Å². The number of benzene rings is 2. The summed E-state index contributed by atoms with van der Waals surface area (Å²) in [5.74, 6) is -0.234. The van der Waals surface area contributed by atoms with Crippen LogP contribution in [0.3, 0.4) is 0 Å². The van der Waals surface area contributed by atoms with Gasteiger partial charge in [-0.15, -0.1) is 0 Å². The number of carbonyl (C=O) groups is 2. The summed E-state index contributed by atoms with van der Waals surface area (Å²) in [5.41, 5.74) is 1.33. The molecule has 0 spiro atoms. The number of amides is 2. The maximum absolute atomic E-state index is 13.8. The first kappa shape index (κ1) is 28.5. The van der Waals surface area contributed by atoms with Crippen LogP contribution in [0, 0.1) is 0 Å². The summed E-state index contributed by atoms with van der Waals surface area (Å²) in [7, 11) is -3.82. The van der Waals surface area contributed by atoms with E-state index in [1.807, 2.05) is 44.2 Å². The second kappa shape index (κ2) is 13.5. The van der Waals surface area contributed by atoms with E-state index in [1.165, 1.54) is 0 Å². The van der Waals surface area contributed by atoms with Crippen molar-refractivity contribution in [3.05, 3.63) is 60.2 Å². The Morgan fingerprint density at radius 2 is 1.68 bits per heavy atom. The predicted octanol–water partition coefficient (Wildman–Crippen LogP) is 3.76. The Bertz CT molecular complexity index is 1130. The van der Waals surface area contributed by atoms with Crippen molar-refractivity contribution in [3.63, 3.8) is 0 Å². The molecule has 0 aliphatic heterocycles. The molecule has 1 fully saturated rings. The van der Waals surface area contributed by atoms with Crippen LogP contribution < -0.4 is 14.4 Å². The molecule has 37 heavy (non-hydrogen) atoms. The third-order valence-corrected chi connectivity index (χ3v) is 7.81.